The Kier molecular flexibility index (Phi) is 8.83. The average Bonchev–Trinajstić information content (AvgIpc) is 2.80. The zero-order valence-electron chi connectivity index (χ0n) is 21.4. The van der Waals surface area contributed by atoms with Crippen LogP contribution in [0.5, 0.6) is 0 Å². The molecule has 0 saturated heterocycles. The molecule has 0 radical (unpaired) electrons. The van der Waals surface area contributed by atoms with Crippen molar-refractivity contribution < 1.29 is 4.79 Å². The Morgan fingerprint density at radius 2 is 1.74 bits per heavy atom. The highest BCUT2D eigenvalue weighted by Crippen LogP contribution is 2.34. The number of aryl methyl sites for hydroxylation is 2. The van der Waals surface area contributed by atoms with E-state index >= 15 is 0 Å². The van der Waals surface area contributed by atoms with Gasteiger partial charge in [0.2, 0.25) is 0 Å². The van der Waals surface area contributed by atoms with Crippen LogP contribution in [0.4, 0.5) is 5.69 Å². The van der Waals surface area contributed by atoms with Crippen LogP contribution in [0.15, 0.2) is 23.0 Å². The van der Waals surface area contributed by atoms with Gasteiger partial charge in [-0.15, -0.1) is 0 Å². The molecule has 0 spiro atoms. The van der Waals surface area contributed by atoms with Gasteiger partial charge in [-0.05, 0) is 96.3 Å². The molecule has 3 rings (SSSR count). The summed E-state index contributed by atoms with van der Waals surface area (Å²) in [6.07, 6.45) is 5.33. The van der Waals surface area contributed by atoms with Gasteiger partial charge in [-0.3, -0.25) is 9.59 Å². The number of pyridine rings is 1. The summed E-state index contributed by atoms with van der Waals surface area (Å²) in [6.45, 7) is 9.08. The molecule has 2 N–H and O–H groups in total. The molecule has 7 heteroatoms. The Labute approximate surface area is 208 Å². The number of hydrogen-bond donors (Lipinski definition) is 2. The molecule has 2 aromatic rings. The van der Waals surface area contributed by atoms with Gasteiger partial charge in [0.15, 0.2) is 0 Å². The first kappa shape index (κ1) is 26.3. The lowest BCUT2D eigenvalue weighted by molar-refractivity contribution is 0.0950. The molecule has 1 heterocycles. The normalized spacial score (nSPS) is 18.2. The molecule has 0 unspecified atom stereocenters. The van der Waals surface area contributed by atoms with Crippen molar-refractivity contribution in [2.75, 3.05) is 25.5 Å². The molecule has 1 fully saturated rings. The summed E-state index contributed by atoms with van der Waals surface area (Å²) in [4.78, 5) is 33.3. The number of benzene rings is 1. The Morgan fingerprint density at radius 1 is 1.09 bits per heavy atom. The number of amides is 1. The van der Waals surface area contributed by atoms with Crippen molar-refractivity contribution in [3.63, 3.8) is 0 Å². The molecule has 1 aliphatic rings. The summed E-state index contributed by atoms with van der Waals surface area (Å²) in [5.74, 6) is -0.212. The number of H-pyrrole nitrogens is 1. The fraction of sp³-hybridized carbons (Fsp3) is 0.556. The average molecular weight is 487 g/mol. The monoisotopic (exact) mass is 486 g/mol. The summed E-state index contributed by atoms with van der Waals surface area (Å²) in [6, 6.07) is 6.75. The predicted molar refractivity (Wildman–Crippen MR) is 141 cm³/mol. The molecule has 0 bridgehead atoms. The van der Waals surface area contributed by atoms with Crippen LogP contribution in [-0.4, -0.2) is 48.5 Å². The number of nitrogens with zero attached hydrogens (tertiary/aromatic N) is 2. The second kappa shape index (κ2) is 11.4. The molecule has 1 amide bonds. The summed E-state index contributed by atoms with van der Waals surface area (Å²) >= 11 is 6.51. The number of carbonyl (C=O) groups excluding carboxylic acids is 1. The van der Waals surface area contributed by atoms with E-state index in [4.69, 9.17) is 11.6 Å². The van der Waals surface area contributed by atoms with E-state index in [1.807, 2.05) is 32.9 Å². The van der Waals surface area contributed by atoms with Crippen molar-refractivity contribution in [3.8, 4) is 0 Å². The summed E-state index contributed by atoms with van der Waals surface area (Å²) < 4.78 is 0. The smallest absolute Gasteiger partial charge is 0.253 e. The van der Waals surface area contributed by atoms with Gasteiger partial charge >= 0.3 is 0 Å². The van der Waals surface area contributed by atoms with Crippen molar-refractivity contribution in [2.45, 2.75) is 78.4 Å². The van der Waals surface area contributed by atoms with E-state index in [2.05, 4.69) is 41.1 Å². The van der Waals surface area contributed by atoms with E-state index in [0.29, 0.717) is 28.2 Å². The van der Waals surface area contributed by atoms with E-state index in [-0.39, 0.29) is 18.0 Å². The fourth-order valence-electron chi connectivity index (χ4n) is 5.27. The highest BCUT2D eigenvalue weighted by Gasteiger charge is 2.28. The third kappa shape index (κ3) is 5.84. The zero-order valence-corrected chi connectivity index (χ0v) is 22.2. The van der Waals surface area contributed by atoms with Gasteiger partial charge in [-0.25, -0.2) is 0 Å². The molecule has 186 valence electrons. The molecule has 0 atom stereocenters. The number of aromatic nitrogens is 1. The zero-order chi connectivity index (χ0) is 25.0. The van der Waals surface area contributed by atoms with Gasteiger partial charge in [0.25, 0.3) is 11.5 Å². The van der Waals surface area contributed by atoms with Crippen LogP contribution in [-0.2, 0) is 13.0 Å². The van der Waals surface area contributed by atoms with Crippen LogP contribution >= 0.6 is 11.6 Å². The molecule has 1 aliphatic carbocycles. The topological polar surface area (TPSA) is 68.4 Å². The Balaban J connectivity index is 1.82. The highest BCUT2D eigenvalue weighted by molar-refractivity contribution is 6.31. The highest BCUT2D eigenvalue weighted by atomic mass is 35.5. The first-order chi connectivity index (χ1) is 16.2. The maximum absolute atomic E-state index is 13.2. The second-order valence-electron chi connectivity index (χ2n) is 9.63. The van der Waals surface area contributed by atoms with E-state index in [0.717, 1.165) is 48.3 Å². The number of anilines is 1. The van der Waals surface area contributed by atoms with Gasteiger partial charge in [-0.1, -0.05) is 18.5 Å². The van der Waals surface area contributed by atoms with E-state index in [9.17, 15) is 9.59 Å². The van der Waals surface area contributed by atoms with E-state index < -0.39 is 0 Å². The predicted octanol–water partition coefficient (Wildman–Crippen LogP) is 4.84. The van der Waals surface area contributed by atoms with Crippen molar-refractivity contribution in [3.05, 3.63) is 61.5 Å². The Bertz CT molecular complexity index is 1070. The Morgan fingerprint density at radius 3 is 2.32 bits per heavy atom. The molecule has 0 aliphatic heterocycles. The van der Waals surface area contributed by atoms with Gasteiger partial charge in [0.05, 0.1) is 0 Å². The van der Waals surface area contributed by atoms with Crippen molar-refractivity contribution in [2.24, 2.45) is 0 Å². The van der Waals surface area contributed by atoms with Crippen molar-refractivity contribution >= 4 is 23.2 Å². The lowest BCUT2D eigenvalue weighted by Crippen LogP contribution is -2.42. The number of carbonyl (C=O) groups is 1. The van der Waals surface area contributed by atoms with Gasteiger partial charge < -0.3 is 20.1 Å². The maximum atomic E-state index is 13.2. The van der Waals surface area contributed by atoms with Gasteiger partial charge in [-0.2, -0.15) is 0 Å². The standard InChI is InChI=1S/C27H39ClN4O2/c1-7-19-13-17(3)30-27(34)24(19)16-29-26(33)23-14-20(28)15-25(18(23)4)32(8-2)22-11-9-21(10-12-22)31(5)6/h13-15,21-22H,7-12,16H2,1-6H3,(H,29,33)(H,30,34). The molecular formula is C27H39ClN4O2. The lowest BCUT2D eigenvalue weighted by Gasteiger charge is -2.40. The number of halogens is 1. The first-order valence-corrected chi connectivity index (χ1v) is 12.8. The minimum Gasteiger partial charge on any atom is -0.369 e. The molecular weight excluding hydrogens is 448 g/mol. The number of hydrogen-bond acceptors (Lipinski definition) is 4. The molecule has 1 saturated carbocycles. The van der Waals surface area contributed by atoms with Crippen LogP contribution in [0.25, 0.3) is 0 Å². The number of nitrogens with one attached hydrogen (secondary N) is 2. The third-order valence-corrected chi connectivity index (χ3v) is 7.47. The largest absolute Gasteiger partial charge is 0.369 e. The molecule has 1 aromatic carbocycles. The lowest BCUT2D eigenvalue weighted by atomic mass is 9.89. The van der Waals surface area contributed by atoms with Crippen LogP contribution in [0.2, 0.25) is 5.02 Å². The molecule has 34 heavy (non-hydrogen) atoms. The van der Waals surface area contributed by atoms with Crippen molar-refractivity contribution in [1.82, 2.24) is 15.2 Å². The van der Waals surface area contributed by atoms with E-state index in [1.165, 1.54) is 12.8 Å². The third-order valence-electron chi connectivity index (χ3n) is 7.25. The minimum absolute atomic E-state index is 0.147. The maximum Gasteiger partial charge on any atom is 0.253 e. The first-order valence-electron chi connectivity index (χ1n) is 12.4. The van der Waals surface area contributed by atoms with Crippen LogP contribution < -0.4 is 15.8 Å². The van der Waals surface area contributed by atoms with Crippen LogP contribution in [0, 0.1) is 13.8 Å². The Hall–Kier alpha value is -2.31. The minimum atomic E-state index is -0.212. The van der Waals surface area contributed by atoms with Crippen LogP contribution in [0.1, 0.15) is 72.3 Å². The summed E-state index contributed by atoms with van der Waals surface area (Å²) in [5.41, 5.74) is 4.75. The van der Waals surface area contributed by atoms with Crippen molar-refractivity contribution in [1.29, 1.82) is 0 Å². The fourth-order valence-corrected chi connectivity index (χ4v) is 5.48. The van der Waals surface area contributed by atoms with E-state index in [1.54, 1.807) is 6.07 Å². The van der Waals surface area contributed by atoms with Gasteiger partial charge in [0.1, 0.15) is 0 Å². The molecule has 6 nitrogen and oxygen atoms in total. The quantitative estimate of drug-likeness (QED) is 0.560. The van der Waals surface area contributed by atoms with Crippen LogP contribution in [0.3, 0.4) is 0 Å². The SMILES string of the molecule is CCc1cc(C)[nH]c(=O)c1CNC(=O)c1cc(Cl)cc(N(CC)C2CCC(N(C)C)CC2)c1C. The molecule has 1 aromatic heterocycles. The summed E-state index contributed by atoms with van der Waals surface area (Å²) in [7, 11) is 4.31. The van der Waals surface area contributed by atoms with Gasteiger partial charge in [0, 0.05) is 52.7 Å². The number of aromatic amines is 1. The summed E-state index contributed by atoms with van der Waals surface area (Å²) in [5, 5.41) is 3.51. The second-order valence-corrected chi connectivity index (χ2v) is 10.1. The number of rotatable bonds is 8.